The van der Waals surface area contributed by atoms with E-state index in [4.69, 9.17) is 4.74 Å². The Labute approximate surface area is 194 Å². The normalized spacial score (nSPS) is 16.9. The molecule has 182 valence electrons. The second kappa shape index (κ2) is 9.59. The number of carbonyl (C=O) groups excluding carboxylic acids is 1. The number of hydrogen-bond donors (Lipinski definition) is 1. The largest absolute Gasteiger partial charge is 0.444 e. The predicted octanol–water partition coefficient (Wildman–Crippen LogP) is 4.47. The number of piperazine rings is 1. The van der Waals surface area contributed by atoms with Gasteiger partial charge in [-0.3, -0.25) is 0 Å². The van der Waals surface area contributed by atoms with E-state index < -0.39 is 20.4 Å². The molecule has 1 amide bonds. The fraction of sp³-hybridized carbons (Fsp3) is 0.708. The molecule has 0 aliphatic carbocycles. The van der Waals surface area contributed by atoms with Gasteiger partial charge in [0.25, 0.3) is 0 Å². The lowest BCUT2D eigenvalue weighted by Gasteiger charge is -2.39. The van der Waals surface area contributed by atoms with Crippen LogP contribution in [0.2, 0.25) is 0 Å². The summed E-state index contributed by atoms with van der Waals surface area (Å²) in [5, 5.41) is 0. The van der Waals surface area contributed by atoms with Crippen molar-refractivity contribution in [3.8, 4) is 0 Å². The molecule has 0 unspecified atom stereocenters. The van der Waals surface area contributed by atoms with Crippen molar-refractivity contribution >= 4 is 21.8 Å². The second-order valence-electron chi connectivity index (χ2n) is 11.0. The Morgan fingerprint density at radius 2 is 1.59 bits per heavy atom. The molecular formula is C24H41N3O4S. The molecule has 1 saturated heterocycles. The first-order valence-electron chi connectivity index (χ1n) is 11.4. The van der Waals surface area contributed by atoms with E-state index in [0.717, 1.165) is 16.8 Å². The van der Waals surface area contributed by atoms with Crippen molar-refractivity contribution in [2.45, 2.75) is 78.7 Å². The minimum atomic E-state index is -3.53. The topological polar surface area (TPSA) is 79.0 Å². The smallest absolute Gasteiger partial charge is 0.410 e. The highest BCUT2D eigenvalue weighted by Crippen LogP contribution is 2.34. The lowest BCUT2D eigenvalue weighted by molar-refractivity contribution is 0.0240. The molecule has 1 aromatic carbocycles. The van der Waals surface area contributed by atoms with Crippen LogP contribution >= 0.6 is 0 Å². The van der Waals surface area contributed by atoms with Crippen LogP contribution < -0.4 is 9.62 Å². The summed E-state index contributed by atoms with van der Waals surface area (Å²) in [4.78, 5) is 16.4. The molecule has 8 heteroatoms. The van der Waals surface area contributed by atoms with Crippen molar-refractivity contribution < 1.29 is 17.9 Å². The molecule has 1 fully saturated rings. The number of anilines is 1. The van der Waals surface area contributed by atoms with E-state index in [1.54, 1.807) is 25.7 Å². The first kappa shape index (κ1) is 26.5. The van der Waals surface area contributed by atoms with Crippen molar-refractivity contribution in [2.24, 2.45) is 5.92 Å². The molecule has 7 nitrogen and oxygen atoms in total. The Kier molecular flexibility index (Phi) is 7.93. The molecule has 1 heterocycles. The van der Waals surface area contributed by atoms with Crippen LogP contribution in [0.5, 0.6) is 0 Å². The highest BCUT2D eigenvalue weighted by molar-refractivity contribution is 7.90. The molecule has 0 aromatic heterocycles. The number of rotatable bonds is 5. The van der Waals surface area contributed by atoms with Crippen LogP contribution in [0.3, 0.4) is 0 Å². The molecule has 1 aromatic rings. The van der Waals surface area contributed by atoms with Gasteiger partial charge in [0.15, 0.2) is 0 Å². The fourth-order valence-electron chi connectivity index (χ4n) is 3.57. The summed E-state index contributed by atoms with van der Waals surface area (Å²) in [7, 11) is -3.53. The second-order valence-corrected chi connectivity index (χ2v) is 13.4. The van der Waals surface area contributed by atoms with Crippen LogP contribution in [-0.2, 0) is 14.8 Å². The standard InChI is InChI=1S/C24H41N3O4S/c1-17(2)21(25-32(29,30)24(7,8)9)19-16-18(3)10-11-20(19)26-12-14-27(15-13-26)22(28)31-23(4,5)6/h10-11,16-17,21,25H,12-15H2,1-9H3/t21-/m0/s1. The zero-order chi connectivity index (χ0) is 24.5. The van der Waals surface area contributed by atoms with Gasteiger partial charge in [-0.1, -0.05) is 31.5 Å². The molecule has 1 atom stereocenters. The van der Waals surface area contributed by atoms with Crippen molar-refractivity contribution in [1.82, 2.24) is 9.62 Å². The third-order valence-electron chi connectivity index (χ3n) is 5.55. The zero-order valence-corrected chi connectivity index (χ0v) is 22.0. The number of carbonyl (C=O) groups is 1. The van der Waals surface area contributed by atoms with Gasteiger partial charge in [-0.2, -0.15) is 0 Å². The summed E-state index contributed by atoms with van der Waals surface area (Å²) < 4.78 is 33.5. The maximum absolute atomic E-state index is 13.0. The number of nitrogens with one attached hydrogen (secondary N) is 1. The van der Waals surface area contributed by atoms with E-state index in [2.05, 4.69) is 27.8 Å². The first-order valence-corrected chi connectivity index (χ1v) is 12.9. The highest BCUT2D eigenvalue weighted by atomic mass is 32.2. The van der Waals surface area contributed by atoms with Crippen molar-refractivity contribution in [1.29, 1.82) is 0 Å². The summed E-state index contributed by atoms with van der Waals surface area (Å²) in [6, 6.07) is 5.84. The maximum Gasteiger partial charge on any atom is 0.410 e. The van der Waals surface area contributed by atoms with Crippen LogP contribution in [-0.4, -0.2) is 55.9 Å². The van der Waals surface area contributed by atoms with E-state index in [-0.39, 0.29) is 18.1 Å². The minimum absolute atomic E-state index is 0.0655. The van der Waals surface area contributed by atoms with E-state index >= 15 is 0 Å². The van der Waals surface area contributed by atoms with Gasteiger partial charge in [0, 0.05) is 31.9 Å². The Morgan fingerprint density at radius 1 is 1.03 bits per heavy atom. The predicted molar refractivity (Wildman–Crippen MR) is 131 cm³/mol. The monoisotopic (exact) mass is 467 g/mol. The van der Waals surface area contributed by atoms with Gasteiger partial charge in [-0.25, -0.2) is 17.9 Å². The van der Waals surface area contributed by atoms with Gasteiger partial charge in [0.2, 0.25) is 10.0 Å². The van der Waals surface area contributed by atoms with Gasteiger partial charge >= 0.3 is 6.09 Å². The Bertz CT molecular complexity index is 906. The molecule has 0 spiro atoms. The third-order valence-corrected chi connectivity index (χ3v) is 7.72. The minimum Gasteiger partial charge on any atom is -0.444 e. The van der Waals surface area contributed by atoms with E-state index in [0.29, 0.717) is 26.2 Å². The van der Waals surface area contributed by atoms with Crippen LogP contribution in [0.25, 0.3) is 0 Å². The van der Waals surface area contributed by atoms with Gasteiger partial charge in [0.05, 0.1) is 10.8 Å². The summed E-state index contributed by atoms with van der Waals surface area (Å²) in [6.07, 6.45) is -0.292. The van der Waals surface area contributed by atoms with Gasteiger partial charge in [0.1, 0.15) is 5.60 Å². The van der Waals surface area contributed by atoms with Crippen LogP contribution in [0, 0.1) is 12.8 Å². The average Bonchev–Trinajstić information content (AvgIpc) is 2.64. The Balaban J connectivity index is 2.29. The number of hydrogen-bond acceptors (Lipinski definition) is 5. The average molecular weight is 468 g/mol. The molecule has 32 heavy (non-hydrogen) atoms. The first-order chi connectivity index (χ1) is 14.5. The molecule has 0 saturated carbocycles. The number of aryl methyl sites for hydroxylation is 1. The maximum atomic E-state index is 13.0. The quantitative estimate of drug-likeness (QED) is 0.691. The Morgan fingerprint density at radius 3 is 2.06 bits per heavy atom. The van der Waals surface area contributed by atoms with Gasteiger partial charge in [-0.05, 0) is 66.0 Å². The van der Waals surface area contributed by atoms with Crippen LogP contribution in [0.15, 0.2) is 18.2 Å². The Hall–Kier alpha value is -1.80. The van der Waals surface area contributed by atoms with Crippen molar-refractivity contribution in [2.75, 3.05) is 31.1 Å². The summed E-state index contributed by atoms with van der Waals surface area (Å²) in [6.45, 7) is 19.2. The van der Waals surface area contributed by atoms with E-state index in [1.165, 1.54) is 0 Å². The van der Waals surface area contributed by atoms with E-state index in [1.807, 2.05) is 41.5 Å². The fourth-order valence-corrected chi connectivity index (χ4v) is 4.66. The highest BCUT2D eigenvalue weighted by Gasteiger charge is 2.34. The molecule has 1 N–H and O–H groups in total. The number of benzene rings is 1. The van der Waals surface area contributed by atoms with Gasteiger partial charge < -0.3 is 14.5 Å². The molecule has 1 aliphatic rings. The zero-order valence-electron chi connectivity index (χ0n) is 21.2. The molecule has 1 aliphatic heterocycles. The number of amides is 1. The van der Waals surface area contributed by atoms with Crippen LogP contribution in [0.4, 0.5) is 10.5 Å². The van der Waals surface area contributed by atoms with Crippen LogP contribution in [0.1, 0.15) is 72.6 Å². The van der Waals surface area contributed by atoms with Crippen molar-refractivity contribution in [3.63, 3.8) is 0 Å². The number of nitrogens with zero attached hydrogens (tertiary/aromatic N) is 2. The third kappa shape index (κ3) is 6.61. The summed E-state index contributed by atoms with van der Waals surface area (Å²) >= 11 is 0. The number of sulfonamides is 1. The summed E-state index contributed by atoms with van der Waals surface area (Å²) in [5.41, 5.74) is 2.54. The van der Waals surface area contributed by atoms with Crippen molar-refractivity contribution in [3.05, 3.63) is 29.3 Å². The van der Waals surface area contributed by atoms with Gasteiger partial charge in [-0.15, -0.1) is 0 Å². The lowest BCUT2D eigenvalue weighted by atomic mass is 9.93. The molecule has 2 rings (SSSR count). The molecule has 0 radical (unpaired) electrons. The SMILES string of the molecule is Cc1ccc(N2CCN(C(=O)OC(C)(C)C)CC2)c([C@@H](NS(=O)(=O)C(C)(C)C)C(C)C)c1. The number of ether oxygens (including phenoxy) is 1. The molecular weight excluding hydrogens is 426 g/mol. The van der Waals surface area contributed by atoms with E-state index in [9.17, 15) is 13.2 Å². The molecule has 0 bridgehead atoms. The lowest BCUT2D eigenvalue weighted by Crippen LogP contribution is -2.50. The summed E-state index contributed by atoms with van der Waals surface area (Å²) in [5.74, 6) is 0.0655.